The molecule has 0 saturated heterocycles. The number of halogens is 3. The zero-order valence-corrected chi connectivity index (χ0v) is 9.00. The summed E-state index contributed by atoms with van der Waals surface area (Å²) in [4.78, 5) is 0. The van der Waals surface area contributed by atoms with Gasteiger partial charge >= 0.3 is 0 Å². The Bertz CT molecular complexity index is 297. The number of hydrogen-bond acceptors (Lipinski definition) is 0. The van der Waals surface area contributed by atoms with Crippen LogP contribution in [0.3, 0.4) is 0 Å². The zero-order chi connectivity index (χ0) is 9.84. The van der Waals surface area contributed by atoms with Gasteiger partial charge in [0.25, 0.3) is 0 Å². The summed E-state index contributed by atoms with van der Waals surface area (Å²) < 4.78 is 26.4. The summed E-state index contributed by atoms with van der Waals surface area (Å²) in [6, 6.07) is 2.78. The highest BCUT2D eigenvalue weighted by Gasteiger charge is 2.10. The van der Waals surface area contributed by atoms with E-state index in [0.717, 1.165) is 11.8 Å². The second-order valence-electron chi connectivity index (χ2n) is 2.95. The van der Waals surface area contributed by atoms with E-state index in [2.05, 4.69) is 15.9 Å². The van der Waals surface area contributed by atoms with Gasteiger partial charge in [0, 0.05) is 10.9 Å². The van der Waals surface area contributed by atoms with Crippen LogP contribution in [0.5, 0.6) is 0 Å². The second kappa shape index (κ2) is 4.70. The molecule has 0 spiro atoms. The molecule has 0 unspecified atom stereocenters. The monoisotopic (exact) mass is 248 g/mol. The maximum Gasteiger partial charge on any atom is 0.132 e. The van der Waals surface area contributed by atoms with Crippen molar-refractivity contribution in [2.45, 2.75) is 19.8 Å². The highest BCUT2D eigenvalue weighted by molar-refractivity contribution is 9.09. The molecule has 0 amide bonds. The summed E-state index contributed by atoms with van der Waals surface area (Å²) in [5.41, 5.74) is 0.713. The average molecular weight is 249 g/mol. The van der Waals surface area contributed by atoms with E-state index in [4.69, 9.17) is 0 Å². The zero-order valence-electron chi connectivity index (χ0n) is 7.41. The van der Waals surface area contributed by atoms with Gasteiger partial charge in [0.2, 0.25) is 0 Å². The van der Waals surface area contributed by atoms with Crippen molar-refractivity contribution in [2.75, 3.05) is 5.33 Å². The minimum Gasteiger partial charge on any atom is -0.207 e. The van der Waals surface area contributed by atoms with Gasteiger partial charge in [-0.25, -0.2) is 8.78 Å². The second-order valence-corrected chi connectivity index (χ2v) is 3.74. The largest absolute Gasteiger partial charge is 0.207 e. The third kappa shape index (κ3) is 2.50. The van der Waals surface area contributed by atoms with Gasteiger partial charge in [-0.3, -0.25) is 0 Å². The molecule has 0 aliphatic rings. The number of benzene rings is 1. The van der Waals surface area contributed by atoms with Crippen LogP contribution in [0.1, 0.15) is 17.5 Å². The maximum absolute atomic E-state index is 13.3. The van der Waals surface area contributed by atoms with Crippen LogP contribution >= 0.6 is 15.9 Å². The minimum atomic E-state index is -0.441. The van der Waals surface area contributed by atoms with Gasteiger partial charge in [-0.05, 0) is 31.4 Å². The van der Waals surface area contributed by atoms with E-state index in [9.17, 15) is 8.78 Å². The molecule has 0 radical (unpaired) electrons. The van der Waals surface area contributed by atoms with Crippen molar-refractivity contribution < 1.29 is 8.78 Å². The number of hydrogen-bond donors (Lipinski definition) is 0. The molecule has 13 heavy (non-hydrogen) atoms. The molecule has 0 aliphatic heterocycles. The molecule has 0 N–H and O–H groups in total. The fraction of sp³-hybridized carbons (Fsp3) is 0.400. The lowest BCUT2D eigenvalue weighted by molar-refractivity contribution is 0.548. The Labute approximate surface area is 85.1 Å². The van der Waals surface area contributed by atoms with E-state index in [0.29, 0.717) is 12.0 Å². The third-order valence-electron chi connectivity index (χ3n) is 1.94. The summed E-state index contributed by atoms with van der Waals surface area (Å²) >= 11 is 3.23. The van der Waals surface area contributed by atoms with Gasteiger partial charge in [-0.1, -0.05) is 22.0 Å². The van der Waals surface area contributed by atoms with Crippen LogP contribution in [0.4, 0.5) is 8.78 Å². The summed E-state index contributed by atoms with van der Waals surface area (Å²) in [6.07, 6.45) is 1.20. The van der Waals surface area contributed by atoms with Crippen LogP contribution in [-0.2, 0) is 6.42 Å². The molecule has 0 aromatic heterocycles. The standard InChI is InChI=1S/C10H11BrF2/c1-7-4-5-9(12)8(10(7)13)3-2-6-11/h4-5H,2-3,6H2,1H3. The smallest absolute Gasteiger partial charge is 0.132 e. The highest BCUT2D eigenvalue weighted by atomic mass is 79.9. The summed E-state index contributed by atoms with van der Waals surface area (Å²) in [5, 5.41) is 0.764. The highest BCUT2D eigenvalue weighted by Crippen LogP contribution is 2.17. The first-order chi connectivity index (χ1) is 6.16. The van der Waals surface area contributed by atoms with Crippen LogP contribution in [0.15, 0.2) is 12.1 Å². The molecule has 1 rings (SSSR count). The Balaban J connectivity index is 2.96. The molecule has 0 bridgehead atoms. The molecule has 0 fully saturated rings. The fourth-order valence-corrected chi connectivity index (χ4v) is 1.47. The lowest BCUT2D eigenvalue weighted by Gasteiger charge is -2.05. The van der Waals surface area contributed by atoms with Crippen LogP contribution in [0, 0.1) is 18.6 Å². The van der Waals surface area contributed by atoms with Gasteiger partial charge < -0.3 is 0 Å². The summed E-state index contributed by atoms with van der Waals surface area (Å²) in [5.74, 6) is -0.843. The molecule has 0 aliphatic carbocycles. The van der Waals surface area contributed by atoms with Crippen LogP contribution in [0.2, 0.25) is 0 Å². The fourth-order valence-electron chi connectivity index (χ4n) is 1.19. The molecule has 0 heterocycles. The van der Waals surface area contributed by atoms with Crippen molar-refractivity contribution in [1.82, 2.24) is 0 Å². The van der Waals surface area contributed by atoms with Gasteiger partial charge in [-0.15, -0.1) is 0 Å². The first-order valence-electron chi connectivity index (χ1n) is 4.16. The van der Waals surface area contributed by atoms with Crippen molar-refractivity contribution in [1.29, 1.82) is 0 Å². The Kier molecular flexibility index (Phi) is 3.85. The molecule has 1 aromatic rings. The molecular formula is C10H11BrF2. The topological polar surface area (TPSA) is 0 Å². The lowest BCUT2D eigenvalue weighted by atomic mass is 10.1. The Morgan fingerprint density at radius 1 is 1.31 bits per heavy atom. The van der Waals surface area contributed by atoms with Crippen LogP contribution in [-0.4, -0.2) is 5.33 Å². The van der Waals surface area contributed by atoms with E-state index in [-0.39, 0.29) is 5.56 Å². The average Bonchev–Trinajstić information content (AvgIpc) is 2.12. The molecule has 3 heteroatoms. The Morgan fingerprint density at radius 3 is 2.62 bits per heavy atom. The third-order valence-corrected chi connectivity index (χ3v) is 2.50. The predicted octanol–water partition coefficient (Wildman–Crippen LogP) is 3.60. The lowest BCUT2D eigenvalue weighted by Crippen LogP contribution is -1.98. The van der Waals surface area contributed by atoms with E-state index in [1.165, 1.54) is 12.1 Å². The first kappa shape index (κ1) is 10.6. The molecule has 72 valence electrons. The van der Waals surface area contributed by atoms with Gasteiger partial charge in [0.1, 0.15) is 11.6 Å². The summed E-state index contributed by atoms with van der Waals surface area (Å²) in [6.45, 7) is 1.65. The number of alkyl halides is 1. The van der Waals surface area contributed by atoms with Crippen molar-refractivity contribution in [3.8, 4) is 0 Å². The molecule has 0 nitrogen and oxygen atoms in total. The van der Waals surface area contributed by atoms with Crippen molar-refractivity contribution in [3.63, 3.8) is 0 Å². The van der Waals surface area contributed by atoms with E-state index >= 15 is 0 Å². The first-order valence-corrected chi connectivity index (χ1v) is 5.28. The minimum absolute atomic E-state index is 0.208. The van der Waals surface area contributed by atoms with E-state index in [1.807, 2.05) is 0 Å². The molecular weight excluding hydrogens is 238 g/mol. The number of rotatable bonds is 3. The van der Waals surface area contributed by atoms with Crippen LogP contribution in [0.25, 0.3) is 0 Å². The normalized spacial score (nSPS) is 10.5. The summed E-state index contributed by atoms with van der Waals surface area (Å²) in [7, 11) is 0. The van der Waals surface area contributed by atoms with Crippen molar-refractivity contribution >= 4 is 15.9 Å². The van der Waals surface area contributed by atoms with Gasteiger partial charge in [0.15, 0.2) is 0 Å². The molecule has 1 aromatic carbocycles. The Hall–Kier alpha value is -0.440. The van der Waals surface area contributed by atoms with E-state index < -0.39 is 11.6 Å². The molecule has 0 atom stereocenters. The van der Waals surface area contributed by atoms with Crippen molar-refractivity contribution in [3.05, 3.63) is 34.9 Å². The van der Waals surface area contributed by atoms with Gasteiger partial charge in [-0.2, -0.15) is 0 Å². The maximum atomic E-state index is 13.3. The van der Waals surface area contributed by atoms with E-state index in [1.54, 1.807) is 6.92 Å². The van der Waals surface area contributed by atoms with Crippen LogP contribution < -0.4 is 0 Å². The van der Waals surface area contributed by atoms with Gasteiger partial charge in [0.05, 0.1) is 0 Å². The quantitative estimate of drug-likeness (QED) is 0.718. The number of aryl methyl sites for hydroxylation is 1. The SMILES string of the molecule is Cc1ccc(F)c(CCCBr)c1F. The van der Waals surface area contributed by atoms with Crippen molar-refractivity contribution in [2.24, 2.45) is 0 Å². The molecule has 0 saturated carbocycles. The predicted molar refractivity (Wildman–Crippen MR) is 53.2 cm³/mol. The Morgan fingerprint density at radius 2 is 2.00 bits per heavy atom.